The summed E-state index contributed by atoms with van der Waals surface area (Å²) < 4.78 is 0. The smallest absolute Gasteiger partial charge is 0.303 e. The zero-order valence-electron chi connectivity index (χ0n) is 20.7. The molecular formula is C30H29N3O3S. The van der Waals surface area contributed by atoms with Crippen molar-refractivity contribution in [2.24, 2.45) is 0 Å². The molecule has 2 heterocycles. The van der Waals surface area contributed by atoms with Gasteiger partial charge in [0.1, 0.15) is 0 Å². The molecule has 1 aromatic heterocycles. The van der Waals surface area contributed by atoms with E-state index in [2.05, 4.69) is 17.4 Å². The molecule has 0 unspecified atom stereocenters. The first-order chi connectivity index (χ1) is 18.0. The van der Waals surface area contributed by atoms with Gasteiger partial charge in [-0.2, -0.15) is 0 Å². The van der Waals surface area contributed by atoms with Gasteiger partial charge in [0.15, 0.2) is 0 Å². The molecule has 1 atom stereocenters. The van der Waals surface area contributed by atoms with Crippen molar-refractivity contribution in [3.63, 3.8) is 0 Å². The number of carbonyl (C=O) groups excluding carboxylic acids is 1. The lowest BCUT2D eigenvalue weighted by Crippen LogP contribution is -2.30. The number of hydrogen-bond donors (Lipinski definition) is 2. The maximum Gasteiger partial charge on any atom is 0.303 e. The van der Waals surface area contributed by atoms with Crippen LogP contribution in [0.2, 0.25) is 0 Å². The maximum absolute atomic E-state index is 13.2. The first kappa shape index (κ1) is 25.0. The molecule has 188 valence electrons. The standard InChI is InChI=1S/C30H29N3O3S/c1-19-10-12-20(13-11-19)29-25(7-3-5-9-28(34)35)31-26-18-21(14-15-24(26)32-29)30(36)33-23-16-17-37-27-8-4-2-6-22(23)27/h2,4,6,8,10-15,18,23H,3,5,7,9,16-17H2,1H3,(H,33,36)(H,34,35)/t23-/m1/s1. The van der Waals surface area contributed by atoms with Gasteiger partial charge in [0, 0.05) is 28.2 Å². The third-order valence-electron chi connectivity index (χ3n) is 6.64. The number of aromatic nitrogens is 2. The molecule has 0 bridgehead atoms. The summed E-state index contributed by atoms with van der Waals surface area (Å²) in [5.41, 5.74) is 6.86. The zero-order valence-corrected chi connectivity index (χ0v) is 21.6. The Balaban J connectivity index is 1.43. The number of carbonyl (C=O) groups is 2. The Labute approximate surface area is 220 Å². The average Bonchev–Trinajstić information content (AvgIpc) is 2.91. The largest absolute Gasteiger partial charge is 0.481 e. The van der Waals surface area contributed by atoms with E-state index in [0.717, 1.165) is 40.2 Å². The summed E-state index contributed by atoms with van der Waals surface area (Å²) in [5.74, 6) is 0.0530. The minimum Gasteiger partial charge on any atom is -0.481 e. The second kappa shape index (κ2) is 11.1. The van der Waals surface area contributed by atoms with Crippen molar-refractivity contribution < 1.29 is 14.7 Å². The average molecular weight is 512 g/mol. The van der Waals surface area contributed by atoms with Crippen molar-refractivity contribution >= 4 is 34.7 Å². The number of carboxylic acids is 1. The summed E-state index contributed by atoms with van der Waals surface area (Å²) in [5, 5.41) is 12.2. The third kappa shape index (κ3) is 5.83. The molecule has 0 aliphatic carbocycles. The van der Waals surface area contributed by atoms with Gasteiger partial charge in [0.05, 0.1) is 28.5 Å². The van der Waals surface area contributed by atoms with Gasteiger partial charge in [-0.1, -0.05) is 48.0 Å². The van der Waals surface area contributed by atoms with Gasteiger partial charge >= 0.3 is 5.97 Å². The topological polar surface area (TPSA) is 92.2 Å². The summed E-state index contributed by atoms with van der Waals surface area (Å²) in [4.78, 5) is 35.2. The molecule has 1 aliphatic heterocycles. The van der Waals surface area contributed by atoms with Crippen LogP contribution in [0.4, 0.5) is 0 Å². The predicted octanol–water partition coefficient (Wildman–Crippen LogP) is 6.37. The Morgan fingerprint density at radius 2 is 1.81 bits per heavy atom. The predicted molar refractivity (Wildman–Crippen MR) is 147 cm³/mol. The highest BCUT2D eigenvalue weighted by atomic mass is 32.2. The Morgan fingerprint density at radius 3 is 2.62 bits per heavy atom. The van der Waals surface area contributed by atoms with E-state index < -0.39 is 5.97 Å². The first-order valence-electron chi connectivity index (χ1n) is 12.6. The number of rotatable bonds is 8. The van der Waals surface area contributed by atoms with Crippen LogP contribution in [-0.2, 0) is 11.2 Å². The molecule has 0 saturated heterocycles. The zero-order chi connectivity index (χ0) is 25.8. The van der Waals surface area contributed by atoms with Crippen LogP contribution in [0.5, 0.6) is 0 Å². The molecule has 0 fully saturated rings. The van der Waals surface area contributed by atoms with Crippen molar-refractivity contribution in [3.05, 3.63) is 89.1 Å². The summed E-state index contributed by atoms with van der Waals surface area (Å²) in [6.07, 6.45) is 2.91. The highest BCUT2D eigenvalue weighted by Crippen LogP contribution is 2.36. The van der Waals surface area contributed by atoms with Crippen LogP contribution in [-0.4, -0.2) is 32.7 Å². The molecule has 1 amide bonds. The van der Waals surface area contributed by atoms with Crippen molar-refractivity contribution in [2.45, 2.75) is 50.0 Å². The molecule has 0 spiro atoms. The summed E-state index contributed by atoms with van der Waals surface area (Å²) in [7, 11) is 0. The van der Waals surface area contributed by atoms with E-state index in [1.54, 1.807) is 12.1 Å². The second-order valence-electron chi connectivity index (χ2n) is 9.39. The quantitative estimate of drug-likeness (QED) is 0.267. The van der Waals surface area contributed by atoms with Crippen molar-refractivity contribution in [1.29, 1.82) is 0 Å². The number of thioether (sulfide) groups is 1. The van der Waals surface area contributed by atoms with Crippen LogP contribution in [0.1, 0.15) is 58.9 Å². The lowest BCUT2D eigenvalue weighted by Gasteiger charge is -2.26. The maximum atomic E-state index is 13.2. The van der Waals surface area contributed by atoms with Crippen LogP contribution in [0.15, 0.2) is 71.6 Å². The number of unbranched alkanes of at least 4 members (excludes halogenated alkanes) is 1. The molecular weight excluding hydrogens is 482 g/mol. The number of hydrogen-bond acceptors (Lipinski definition) is 5. The highest BCUT2D eigenvalue weighted by molar-refractivity contribution is 7.99. The summed E-state index contributed by atoms with van der Waals surface area (Å²) >= 11 is 1.83. The third-order valence-corrected chi connectivity index (χ3v) is 7.76. The monoisotopic (exact) mass is 511 g/mol. The Kier molecular flexibility index (Phi) is 7.51. The fourth-order valence-electron chi connectivity index (χ4n) is 4.65. The number of nitrogens with one attached hydrogen (secondary N) is 1. The van der Waals surface area contributed by atoms with Crippen LogP contribution >= 0.6 is 11.8 Å². The molecule has 0 radical (unpaired) electrons. The highest BCUT2D eigenvalue weighted by Gasteiger charge is 2.23. The molecule has 1 aliphatic rings. The van der Waals surface area contributed by atoms with Crippen LogP contribution in [0.3, 0.4) is 0 Å². The molecule has 6 nitrogen and oxygen atoms in total. The number of benzene rings is 3. The molecule has 0 saturated carbocycles. The SMILES string of the molecule is Cc1ccc(-c2nc3ccc(C(=O)N[C@@H]4CCSc5ccccc54)cc3nc2CCCCC(=O)O)cc1. The van der Waals surface area contributed by atoms with Gasteiger partial charge in [-0.05, 0) is 62.4 Å². The van der Waals surface area contributed by atoms with E-state index in [1.165, 1.54) is 10.5 Å². The van der Waals surface area contributed by atoms with Gasteiger partial charge in [0.2, 0.25) is 0 Å². The van der Waals surface area contributed by atoms with E-state index in [0.29, 0.717) is 30.3 Å². The van der Waals surface area contributed by atoms with Gasteiger partial charge in [-0.25, -0.2) is 9.97 Å². The van der Waals surface area contributed by atoms with Crippen molar-refractivity contribution in [2.75, 3.05) is 5.75 Å². The number of carboxylic acid groups (broad SMARTS) is 1. The molecule has 5 rings (SSSR count). The lowest BCUT2D eigenvalue weighted by molar-refractivity contribution is -0.137. The van der Waals surface area contributed by atoms with Gasteiger partial charge in [-0.15, -0.1) is 11.8 Å². The van der Waals surface area contributed by atoms with E-state index in [-0.39, 0.29) is 18.4 Å². The first-order valence-corrected chi connectivity index (χ1v) is 13.6. The Hall–Kier alpha value is -3.71. The van der Waals surface area contributed by atoms with E-state index in [4.69, 9.17) is 15.1 Å². The Morgan fingerprint density at radius 1 is 1.00 bits per heavy atom. The number of nitrogens with zero attached hydrogens (tertiary/aromatic N) is 2. The van der Waals surface area contributed by atoms with Crippen molar-refractivity contribution in [1.82, 2.24) is 15.3 Å². The van der Waals surface area contributed by atoms with Crippen LogP contribution in [0.25, 0.3) is 22.3 Å². The van der Waals surface area contributed by atoms with E-state index >= 15 is 0 Å². The van der Waals surface area contributed by atoms with Gasteiger partial charge < -0.3 is 10.4 Å². The van der Waals surface area contributed by atoms with Crippen LogP contribution < -0.4 is 5.32 Å². The molecule has 3 aromatic carbocycles. The van der Waals surface area contributed by atoms with Crippen LogP contribution in [0, 0.1) is 6.92 Å². The summed E-state index contributed by atoms with van der Waals surface area (Å²) in [6, 6.07) is 21.9. The molecule has 4 aromatic rings. The Bertz CT molecular complexity index is 1450. The van der Waals surface area contributed by atoms with E-state index in [9.17, 15) is 9.59 Å². The van der Waals surface area contributed by atoms with Gasteiger partial charge in [-0.3, -0.25) is 9.59 Å². The fraction of sp³-hybridized carbons (Fsp3) is 0.267. The molecule has 7 heteroatoms. The summed E-state index contributed by atoms with van der Waals surface area (Å²) in [6.45, 7) is 2.04. The lowest BCUT2D eigenvalue weighted by atomic mass is 10.0. The molecule has 2 N–H and O–H groups in total. The minimum atomic E-state index is -0.793. The fourth-order valence-corrected chi connectivity index (χ4v) is 5.78. The number of aliphatic carboxylic acids is 1. The second-order valence-corrected chi connectivity index (χ2v) is 10.5. The normalized spacial score (nSPS) is 14.8. The van der Waals surface area contributed by atoms with Crippen molar-refractivity contribution in [3.8, 4) is 11.3 Å². The van der Waals surface area contributed by atoms with Gasteiger partial charge in [0.25, 0.3) is 5.91 Å². The van der Waals surface area contributed by atoms with E-state index in [1.807, 2.05) is 61.2 Å². The number of amides is 1. The number of aryl methyl sites for hydroxylation is 2. The molecule has 37 heavy (non-hydrogen) atoms. The number of fused-ring (bicyclic) bond motifs is 2. The minimum absolute atomic E-state index is 0.0135.